The lowest BCUT2D eigenvalue weighted by atomic mass is 10.1. The predicted octanol–water partition coefficient (Wildman–Crippen LogP) is -0.136. The maximum atomic E-state index is 11.9. The van der Waals surface area contributed by atoms with E-state index in [2.05, 4.69) is 15.3 Å². The first kappa shape index (κ1) is 13.7. The van der Waals surface area contributed by atoms with E-state index in [0.717, 1.165) is 19.3 Å². The zero-order chi connectivity index (χ0) is 13.8. The molecule has 104 valence electrons. The summed E-state index contributed by atoms with van der Waals surface area (Å²) in [5.41, 5.74) is 6.32. The van der Waals surface area contributed by atoms with Crippen molar-refractivity contribution >= 4 is 5.91 Å². The quantitative estimate of drug-likeness (QED) is 0.704. The van der Waals surface area contributed by atoms with Gasteiger partial charge in [0.15, 0.2) is 0 Å². The Balaban J connectivity index is 1.80. The van der Waals surface area contributed by atoms with Crippen LogP contribution in [0.5, 0.6) is 0 Å². The second-order valence-electron chi connectivity index (χ2n) is 5.14. The number of H-pyrrole nitrogens is 1. The topological polar surface area (TPSA) is 101 Å². The van der Waals surface area contributed by atoms with Gasteiger partial charge >= 0.3 is 0 Å². The van der Waals surface area contributed by atoms with Crippen LogP contribution >= 0.6 is 0 Å². The molecule has 2 atom stereocenters. The van der Waals surface area contributed by atoms with E-state index in [9.17, 15) is 9.59 Å². The first-order chi connectivity index (χ1) is 9.04. The summed E-state index contributed by atoms with van der Waals surface area (Å²) in [4.78, 5) is 30.0. The molecule has 19 heavy (non-hydrogen) atoms. The van der Waals surface area contributed by atoms with E-state index >= 15 is 0 Å². The summed E-state index contributed by atoms with van der Waals surface area (Å²) in [6.07, 6.45) is 3.09. The highest BCUT2D eigenvalue weighted by Gasteiger charge is 2.27. The van der Waals surface area contributed by atoms with Gasteiger partial charge in [0.05, 0.1) is 0 Å². The normalized spacial score (nSPS) is 22.4. The average molecular weight is 264 g/mol. The highest BCUT2D eigenvalue weighted by molar-refractivity contribution is 5.78. The number of aromatic nitrogens is 2. The van der Waals surface area contributed by atoms with E-state index in [1.165, 1.54) is 6.07 Å². The van der Waals surface area contributed by atoms with Gasteiger partial charge in [0.25, 0.3) is 5.56 Å². The Morgan fingerprint density at radius 3 is 3.00 bits per heavy atom. The largest absolute Gasteiger partial charge is 0.355 e. The van der Waals surface area contributed by atoms with Gasteiger partial charge in [-0.15, -0.1) is 0 Å². The number of rotatable bonds is 4. The number of carbonyl (C=O) groups is 1. The lowest BCUT2D eigenvalue weighted by Gasteiger charge is -2.10. The Kier molecular flexibility index (Phi) is 4.31. The second-order valence-corrected chi connectivity index (χ2v) is 5.14. The van der Waals surface area contributed by atoms with E-state index < -0.39 is 0 Å². The Hall–Kier alpha value is -1.69. The van der Waals surface area contributed by atoms with Crippen molar-refractivity contribution in [2.45, 2.75) is 38.6 Å². The molecule has 1 fully saturated rings. The smallest absolute Gasteiger partial charge is 0.251 e. The molecule has 1 saturated carbocycles. The maximum Gasteiger partial charge on any atom is 0.251 e. The molecular weight excluding hydrogens is 244 g/mol. The molecule has 0 bridgehead atoms. The fourth-order valence-electron chi connectivity index (χ4n) is 2.46. The van der Waals surface area contributed by atoms with E-state index in [-0.39, 0.29) is 23.4 Å². The summed E-state index contributed by atoms with van der Waals surface area (Å²) in [6.45, 7) is 2.26. The van der Waals surface area contributed by atoms with Crippen LogP contribution in [0.1, 0.15) is 30.8 Å². The van der Waals surface area contributed by atoms with Gasteiger partial charge in [-0.3, -0.25) is 9.59 Å². The third-order valence-corrected chi connectivity index (χ3v) is 3.42. The molecule has 1 aromatic heterocycles. The number of aromatic amines is 1. The zero-order valence-electron chi connectivity index (χ0n) is 11.1. The van der Waals surface area contributed by atoms with Crippen LogP contribution in [0.25, 0.3) is 0 Å². The highest BCUT2D eigenvalue weighted by atomic mass is 16.2. The third-order valence-electron chi connectivity index (χ3n) is 3.42. The number of carbonyl (C=O) groups excluding carboxylic acids is 1. The Morgan fingerprint density at radius 1 is 1.58 bits per heavy atom. The van der Waals surface area contributed by atoms with E-state index in [1.807, 2.05) is 0 Å². The Bertz CT molecular complexity index is 512. The van der Waals surface area contributed by atoms with Crippen molar-refractivity contribution in [3.05, 3.63) is 27.9 Å². The fraction of sp³-hybridized carbons (Fsp3) is 0.615. The van der Waals surface area contributed by atoms with E-state index in [4.69, 9.17) is 5.73 Å². The van der Waals surface area contributed by atoms with Crippen LogP contribution in [-0.4, -0.2) is 28.5 Å². The molecule has 2 rings (SSSR count). The van der Waals surface area contributed by atoms with Crippen LogP contribution in [0.3, 0.4) is 0 Å². The molecule has 0 radical (unpaired) electrons. The molecule has 0 aliphatic heterocycles. The van der Waals surface area contributed by atoms with Crippen LogP contribution in [0, 0.1) is 12.8 Å². The van der Waals surface area contributed by atoms with Crippen LogP contribution in [0.4, 0.5) is 0 Å². The minimum absolute atomic E-state index is 0.0412. The van der Waals surface area contributed by atoms with Gasteiger partial charge in [-0.2, -0.15) is 0 Å². The molecule has 1 amide bonds. The molecule has 0 saturated heterocycles. The maximum absolute atomic E-state index is 11.9. The number of nitrogens with two attached hydrogens (primary N) is 1. The predicted molar refractivity (Wildman–Crippen MR) is 71.6 cm³/mol. The summed E-state index contributed by atoms with van der Waals surface area (Å²) in [6, 6.07) is 1.60. The molecule has 1 aliphatic carbocycles. The minimum Gasteiger partial charge on any atom is -0.355 e. The number of nitrogens with one attached hydrogen (secondary N) is 2. The molecular formula is C13H20N4O2. The van der Waals surface area contributed by atoms with E-state index in [1.54, 1.807) is 6.92 Å². The van der Waals surface area contributed by atoms with E-state index in [0.29, 0.717) is 24.5 Å². The first-order valence-electron chi connectivity index (χ1n) is 6.64. The highest BCUT2D eigenvalue weighted by Crippen LogP contribution is 2.23. The molecule has 0 spiro atoms. The number of hydrogen-bond donors (Lipinski definition) is 3. The molecule has 0 aromatic carbocycles. The Morgan fingerprint density at radius 2 is 2.37 bits per heavy atom. The lowest BCUT2D eigenvalue weighted by molar-refractivity contribution is -0.124. The summed E-state index contributed by atoms with van der Waals surface area (Å²) >= 11 is 0. The second kappa shape index (κ2) is 5.97. The number of amides is 1. The van der Waals surface area contributed by atoms with Crippen molar-refractivity contribution in [2.75, 3.05) is 6.54 Å². The molecule has 0 unspecified atom stereocenters. The summed E-state index contributed by atoms with van der Waals surface area (Å²) < 4.78 is 0. The van der Waals surface area contributed by atoms with Gasteiger partial charge in [-0.25, -0.2) is 4.98 Å². The number of nitrogens with zero attached hydrogens (tertiary/aromatic N) is 1. The molecule has 6 nitrogen and oxygen atoms in total. The molecule has 1 aromatic rings. The van der Waals surface area contributed by atoms with Crippen molar-refractivity contribution in [3.63, 3.8) is 0 Å². The van der Waals surface area contributed by atoms with Gasteiger partial charge in [-0.1, -0.05) is 0 Å². The van der Waals surface area contributed by atoms with Gasteiger partial charge in [0, 0.05) is 36.7 Å². The van der Waals surface area contributed by atoms with Gasteiger partial charge in [-0.05, 0) is 26.2 Å². The van der Waals surface area contributed by atoms with Crippen LogP contribution < -0.4 is 16.6 Å². The van der Waals surface area contributed by atoms with Crippen molar-refractivity contribution in [1.82, 2.24) is 15.3 Å². The van der Waals surface area contributed by atoms with Gasteiger partial charge in [0.2, 0.25) is 5.91 Å². The third kappa shape index (κ3) is 3.89. The Labute approximate surface area is 111 Å². The molecule has 1 heterocycles. The molecule has 6 heteroatoms. The lowest BCUT2D eigenvalue weighted by Crippen LogP contribution is -2.32. The summed E-state index contributed by atoms with van der Waals surface area (Å²) in [7, 11) is 0. The van der Waals surface area contributed by atoms with Crippen LogP contribution in [0.2, 0.25) is 0 Å². The van der Waals surface area contributed by atoms with Crippen molar-refractivity contribution in [3.8, 4) is 0 Å². The first-order valence-corrected chi connectivity index (χ1v) is 6.64. The number of aryl methyl sites for hydroxylation is 1. The summed E-state index contributed by atoms with van der Waals surface area (Å²) in [5, 5.41) is 2.88. The average Bonchev–Trinajstić information content (AvgIpc) is 2.74. The minimum atomic E-state index is -0.157. The van der Waals surface area contributed by atoms with Gasteiger partial charge in [0.1, 0.15) is 5.82 Å². The fourth-order valence-corrected chi connectivity index (χ4v) is 2.46. The zero-order valence-corrected chi connectivity index (χ0v) is 11.1. The number of hydrogen-bond acceptors (Lipinski definition) is 4. The van der Waals surface area contributed by atoms with Gasteiger partial charge < -0.3 is 16.0 Å². The monoisotopic (exact) mass is 264 g/mol. The summed E-state index contributed by atoms with van der Waals surface area (Å²) in [5.74, 6) is 0.705. The standard InChI is InChI=1S/C13H20N4O2/c1-8-6-12(18)17-11(16-8)4-5-15-13(19)9-2-3-10(14)7-9/h6,9-10H,2-5,7,14H2,1H3,(H,15,19)(H,16,17,18)/t9-,10+/m1/s1. The molecule has 1 aliphatic rings. The van der Waals surface area contributed by atoms with Crippen molar-refractivity contribution in [1.29, 1.82) is 0 Å². The van der Waals surface area contributed by atoms with Crippen molar-refractivity contribution < 1.29 is 4.79 Å². The molecule has 4 N–H and O–H groups in total. The van der Waals surface area contributed by atoms with Crippen LogP contribution in [0.15, 0.2) is 10.9 Å². The van der Waals surface area contributed by atoms with Crippen molar-refractivity contribution in [2.24, 2.45) is 11.7 Å². The van der Waals surface area contributed by atoms with Crippen LogP contribution in [-0.2, 0) is 11.2 Å². The SMILES string of the molecule is Cc1cc(=O)[nH]c(CCNC(=O)[C@@H]2CC[C@H](N)C2)n1.